The molecule has 0 amide bonds. The van der Waals surface area contributed by atoms with Gasteiger partial charge in [-0.15, -0.1) is 0 Å². The Kier molecular flexibility index (Phi) is 10.3. The molecule has 1 unspecified atom stereocenters. The molecule has 4 nitrogen and oxygen atoms in total. The molecule has 0 spiro atoms. The van der Waals surface area contributed by atoms with Crippen LogP contribution in [0.4, 0.5) is 0 Å². The zero-order chi connectivity index (χ0) is 10.1. The SMILES string of the molecule is CC(=O)C1=CC=CC(N)(C(C)=O)N1.[Cl-].[Cl-].[Fe+2]. The second-order valence-corrected chi connectivity index (χ2v) is 3.05. The number of rotatable bonds is 2. The van der Waals surface area contributed by atoms with E-state index in [0.717, 1.165) is 0 Å². The molecule has 0 bridgehead atoms. The Bertz CT molecular complexity index is 331. The quantitative estimate of drug-likeness (QED) is 0.498. The van der Waals surface area contributed by atoms with Gasteiger partial charge in [-0.25, -0.2) is 0 Å². The molecule has 1 heterocycles. The second kappa shape index (κ2) is 7.87. The number of hydrogen-bond acceptors (Lipinski definition) is 4. The molecule has 0 radical (unpaired) electrons. The second-order valence-electron chi connectivity index (χ2n) is 3.05. The van der Waals surface area contributed by atoms with E-state index < -0.39 is 5.66 Å². The van der Waals surface area contributed by atoms with E-state index in [9.17, 15) is 9.59 Å². The monoisotopic (exact) mass is 306 g/mol. The smallest absolute Gasteiger partial charge is 1.00 e. The minimum Gasteiger partial charge on any atom is -1.00 e. The van der Waals surface area contributed by atoms with E-state index in [4.69, 9.17) is 5.73 Å². The Labute approximate surface area is 117 Å². The number of hydrogen-bond donors (Lipinski definition) is 2. The minimum absolute atomic E-state index is 0. The molecule has 3 N–H and O–H groups in total. The van der Waals surface area contributed by atoms with Crippen LogP contribution in [0.25, 0.3) is 0 Å². The van der Waals surface area contributed by atoms with E-state index in [1.165, 1.54) is 19.9 Å². The zero-order valence-electron chi connectivity index (χ0n) is 8.74. The first-order chi connectivity index (χ1) is 5.96. The van der Waals surface area contributed by atoms with Crippen molar-refractivity contribution >= 4 is 11.6 Å². The molecule has 7 heteroatoms. The van der Waals surface area contributed by atoms with Crippen LogP contribution in [0.2, 0.25) is 0 Å². The first-order valence-corrected chi connectivity index (χ1v) is 3.94. The molecule has 0 saturated carbocycles. The molecular weight excluding hydrogens is 295 g/mol. The number of allylic oxidation sites excluding steroid dienone is 3. The molecule has 0 saturated heterocycles. The number of dihydropyridines is 1. The van der Waals surface area contributed by atoms with Gasteiger partial charge in [0, 0.05) is 6.92 Å². The number of ketones is 2. The van der Waals surface area contributed by atoms with Crippen molar-refractivity contribution in [2.24, 2.45) is 5.73 Å². The van der Waals surface area contributed by atoms with E-state index >= 15 is 0 Å². The van der Waals surface area contributed by atoms with Gasteiger partial charge in [0.2, 0.25) is 0 Å². The van der Waals surface area contributed by atoms with Crippen LogP contribution in [0.5, 0.6) is 0 Å². The summed E-state index contributed by atoms with van der Waals surface area (Å²) in [6.07, 6.45) is 4.73. The Morgan fingerprint density at radius 1 is 1.31 bits per heavy atom. The van der Waals surface area contributed by atoms with Crippen LogP contribution in [0.1, 0.15) is 13.8 Å². The summed E-state index contributed by atoms with van der Waals surface area (Å²) in [6.45, 7) is 2.79. The maximum Gasteiger partial charge on any atom is 2.00 e. The van der Waals surface area contributed by atoms with Crippen LogP contribution in [-0.2, 0) is 26.7 Å². The van der Waals surface area contributed by atoms with Crippen molar-refractivity contribution in [1.29, 1.82) is 0 Å². The third kappa shape index (κ3) is 4.68. The first-order valence-electron chi connectivity index (χ1n) is 3.94. The number of halogens is 2. The van der Waals surface area contributed by atoms with Crippen molar-refractivity contribution < 1.29 is 51.5 Å². The molecule has 0 aromatic carbocycles. The first kappa shape index (κ1) is 21.0. The molecule has 0 fully saturated rings. The number of carbonyl (C=O) groups is 2. The van der Waals surface area contributed by atoms with E-state index in [2.05, 4.69) is 5.32 Å². The van der Waals surface area contributed by atoms with Crippen molar-refractivity contribution in [3.8, 4) is 0 Å². The predicted molar refractivity (Wildman–Crippen MR) is 48.6 cm³/mol. The van der Waals surface area contributed by atoms with Gasteiger partial charge in [0.1, 0.15) is 0 Å². The molecule has 1 aliphatic rings. The van der Waals surface area contributed by atoms with Gasteiger partial charge >= 0.3 is 17.1 Å². The fraction of sp³-hybridized carbons (Fsp3) is 0.333. The van der Waals surface area contributed by atoms with Gasteiger partial charge in [-0.1, -0.05) is 6.08 Å². The van der Waals surface area contributed by atoms with Crippen molar-refractivity contribution in [1.82, 2.24) is 5.32 Å². The minimum atomic E-state index is -1.23. The van der Waals surface area contributed by atoms with Crippen molar-refractivity contribution in [2.75, 3.05) is 0 Å². The van der Waals surface area contributed by atoms with Crippen LogP contribution in [0.3, 0.4) is 0 Å². The standard InChI is InChI=1S/C9H12N2O2.2ClH.Fe/c1-6(12)8-4-3-5-9(10,11-8)7(2)13;;;/h3-5,11H,10H2,1-2H3;2*1H;/q;;;+2/p-2. The summed E-state index contributed by atoms with van der Waals surface area (Å²) in [6, 6.07) is 0. The third-order valence-electron chi connectivity index (χ3n) is 1.93. The maximum absolute atomic E-state index is 11.1. The number of nitrogens with one attached hydrogen (secondary N) is 1. The molecule has 1 rings (SSSR count). The Morgan fingerprint density at radius 2 is 1.81 bits per heavy atom. The summed E-state index contributed by atoms with van der Waals surface area (Å²) in [5.74, 6) is -0.365. The van der Waals surface area contributed by atoms with Crippen LogP contribution in [0.15, 0.2) is 23.9 Å². The summed E-state index contributed by atoms with van der Waals surface area (Å²) in [5, 5.41) is 2.68. The predicted octanol–water partition coefficient (Wildman–Crippen LogP) is -6.13. The van der Waals surface area contributed by atoms with Crippen LogP contribution < -0.4 is 35.9 Å². The summed E-state index contributed by atoms with van der Waals surface area (Å²) < 4.78 is 0. The van der Waals surface area contributed by atoms with Crippen molar-refractivity contribution in [2.45, 2.75) is 19.5 Å². The fourth-order valence-electron chi connectivity index (χ4n) is 1.01. The number of Topliss-reactive ketones (excluding diaryl/α,β-unsaturated/α-hetero) is 2. The summed E-state index contributed by atoms with van der Waals surface area (Å²) >= 11 is 0. The van der Waals surface area contributed by atoms with Gasteiger partial charge in [-0.05, 0) is 19.1 Å². The van der Waals surface area contributed by atoms with Gasteiger partial charge in [-0.2, -0.15) is 0 Å². The molecule has 16 heavy (non-hydrogen) atoms. The fourth-order valence-corrected chi connectivity index (χ4v) is 1.01. The molecule has 1 atom stereocenters. The topological polar surface area (TPSA) is 72.2 Å². The van der Waals surface area contributed by atoms with Crippen molar-refractivity contribution in [3.63, 3.8) is 0 Å². The summed E-state index contributed by atoms with van der Waals surface area (Å²) in [4.78, 5) is 22.1. The molecule has 92 valence electrons. The molecule has 0 aromatic heterocycles. The average molecular weight is 307 g/mol. The van der Waals surface area contributed by atoms with Gasteiger partial charge in [0.05, 0.1) is 5.70 Å². The van der Waals surface area contributed by atoms with Gasteiger partial charge in [-0.3, -0.25) is 15.3 Å². The van der Waals surface area contributed by atoms with Crippen molar-refractivity contribution in [3.05, 3.63) is 23.9 Å². The molecule has 0 aliphatic carbocycles. The number of nitrogens with two attached hydrogens (primary N) is 1. The van der Waals surface area contributed by atoms with Gasteiger partial charge in [0.15, 0.2) is 17.2 Å². The normalized spacial score (nSPS) is 21.3. The maximum atomic E-state index is 11.1. The van der Waals surface area contributed by atoms with E-state index in [0.29, 0.717) is 5.70 Å². The van der Waals surface area contributed by atoms with E-state index in [-0.39, 0.29) is 53.4 Å². The molecular formula is C9H12Cl2FeN2O2. The zero-order valence-corrected chi connectivity index (χ0v) is 11.4. The Hall–Kier alpha value is -0.321. The molecule has 1 aliphatic heterocycles. The van der Waals surface area contributed by atoms with Crippen LogP contribution in [0, 0.1) is 0 Å². The largest absolute Gasteiger partial charge is 2.00 e. The van der Waals surface area contributed by atoms with Crippen LogP contribution >= 0.6 is 0 Å². The summed E-state index contributed by atoms with van der Waals surface area (Å²) in [5.41, 5.74) is 4.82. The van der Waals surface area contributed by atoms with E-state index in [1.807, 2.05) is 0 Å². The Morgan fingerprint density at radius 3 is 2.19 bits per heavy atom. The summed E-state index contributed by atoms with van der Waals surface area (Å²) in [7, 11) is 0. The third-order valence-corrected chi connectivity index (χ3v) is 1.93. The molecule has 0 aromatic rings. The average Bonchev–Trinajstić information content (AvgIpc) is 2.04. The van der Waals surface area contributed by atoms with Crippen LogP contribution in [-0.4, -0.2) is 17.2 Å². The van der Waals surface area contributed by atoms with Gasteiger partial charge < -0.3 is 30.1 Å². The van der Waals surface area contributed by atoms with Gasteiger partial charge in [0.25, 0.3) is 0 Å². The number of carbonyl (C=O) groups excluding carboxylic acids is 2. The van der Waals surface area contributed by atoms with E-state index in [1.54, 1.807) is 12.2 Å². The Balaban J connectivity index is -0.000000563.